The molecule has 0 bridgehead atoms. The molecule has 3 nitrogen and oxygen atoms in total. The Morgan fingerprint density at radius 2 is 1.89 bits per heavy atom. The molecule has 0 saturated carbocycles. The van der Waals surface area contributed by atoms with Gasteiger partial charge in [0.2, 0.25) is 0 Å². The van der Waals surface area contributed by atoms with Crippen LogP contribution < -0.4 is 0 Å². The molecule has 0 fully saturated rings. The van der Waals surface area contributed by atoms with Gasteiger partial charge in [0.05, 0.1) is 5.56 Å². The van der Waals surface area contributed by atoms with Crippen molar-refractivity contribution in [3.05, 3.63) is 52.8 Å². The van der Waals surface area contributed by atoms with Gasteiger partial charge in [-0.05, 0) is 23.8 Å². The zero-order valence-electron chi connectivity index (χ0n) is 8.82. The molecule has 18 heavy (non-hydrogen) atoms. The normalized spacial score (nSPS) is 10.4. The number of halogens is 3. The number of benzene rings is 1. The highest BCUT2D eigenvalue weighted by atomic mass is 35.5. The van der Waals surface area contributed by atoms with Crippen LogP contribution in [0.25, 0.3) is 11.1 Å². The lowest BCUT2D eigenvalue weighted by Gasteiger charge is -2.04. The van der Waals surface area contributed by atoms with Crippen molar-refractivity contribution in [3.8, 4) is 11.1 Å². The molecule has 0 saturated heterocycles. The van der Waals surface area contributed by atoms with Crippen LogP contribution in [-0.4, -0.2) is 16.1 Å². The van der Waals surface area contributed by atoms with Gasteiger partial charge < -0.3 is 5.11 Å². The Kier molecular flexibility index (Phi) is 3.25. The first-order valence-corrected chi connectivity index (χ1v) is 5.21. The molecule has 0 spiro atoms. The summed E-state index contributed by atoms with van der Waals surface area (Å²) in [6.45, 7) is 0. The van der Waals surface area contributed by atoms with E-state index in [2.05, 4.69) is 4.98 Å². The van der Waals surface area contributed by atoms with E-state index in [4.69, 9.17) is 16.7 Å². The van der Waals surface area contributed by atoms with Crippen molar-refractivity contribution in [2.75, 3.05) is 0 Å². The number of rotatable bonds is 2. The van der Waals surface area contributed by atoms with Crippen LogP contribution in [0.2, 0.25) is 5.15 Å². The molecule has 0 atom stereocenters. The lowest BCUT2D eigenvalue weighted by molar-refractivity contribution is 0.0696. The van der Waals surface area contributed by atoms with E-state index >= 15 is 0 Å². The van der Waals surface area contributed by atoms with Crippen LogP contribution in [0.3, 0.4) is 0 Å². The molecule has 0 unspecified atom stereocenters. The Morgan fingerprint density at radius 1 is 1.17 bits per heavy atom. The van der Waals surface area contributed by atoms with Crippen molar-refractivity contribution in [1.29, 1.82) is 0 Å². The molecule has 2 aromatic rings. The first-order valence-electron chi connectivity index (χ1n) is 4.83. The average Bonchev–Trinajstić information content (AvgIpc) is 2.33. The molecule has 0 radical (unpaired) electrons. The number of pyridine rings is 1. The van der Waals surface area contributed by atoms with Crippen molar-refractivity contribution in [1.82, 2.24) is 4.98 Å². The predicted molar refractivity (Wildman–Crippen MR) is 61.6 cm³/mol. The SMILES string of the molecule is O=C(O)c1cc(-c2ccc(F)c(F)c2)cnc1Cl. The highest BCUT2D eigenvalue weighted by Crippen LogP contribution is 2.24. The maximum absolute atomic E-state index is 13.1. The summed E-state index contributed by atoms with van der Waals surface area (Å²) in [4.78, 5) is 14.6. The molecule has 0 amide bonds. The van der Waals surface area contributed by atoms with Crippen molar-refractivity contribution in [2.45, 2.75) is 0 Å². The first kappa shape index (κ1) is 12.4. The number of hydrogen-bond donors (Lipinski definition) is 1. The van der Waals surface area contributed by atoms with E-state index in [1.807, 2.05) is 0 Å². The highest BCUT2D eigenvalue weighted by Gasteiger charge is 2.12. The van der Waals surface area contributed by atoms with Gasteiger partial charge in [-0.2, -0.15) is 0 Å². The first-order chi connectivity index (χ1) is 8.49. The van der Waals surface area contributed by atoms with Crippen LogP contribution in [-0.2, 0) is 0 Å². The van der Waals surface area contributed by atoms with E-state index < -0.39 is 17.6 Å². The smallest absolute Gasteiger partial charge is 0.338 e. The lowest BCUT2D eigenvalue weighted by atomic mass is 10.1. The Bertz CT molecular complexity index is 631. The van der Waals surface area contributed by atoms with E-state index in [1.54, 1.807) is 0 Å². The minimum Gasteiger partial charge on any atom is -0.478 e. The van der Waals surface area contributed by atoms with Gasteiger partial charge in [-0.3, -0.25) is 0 Å². The molecule has 6 heteroatoms. The summed E-state index contributed by atoms with van der Waals surface area (Å²) >= 11 is 5.61. The Labute approximate surface area is 106 Å². The third-order valence-corrected chi connectivity index (χ3v) is 2.62. The van der Waals surface area contributed by atoms with Gasteiger partial charge in [-0.1, -0.05) is 17.7 Å². The molecule has 0 aliphatic rings. The summed E-state index contributed by atoms with van der Waals surface area (Å²) in [6, 6.07) is 4.50. The highest BCUT2D eigenvalue weighted by molar-refractivity contribution is 6.32. The molecule has 1 heterocycles. The molecular weight excluding hydrogens is 264 g/mol. The molecule has 92 valence electrons. The van der Waals surface area contributed by atoms with Gasteiger partial charge in [0.1, 0.15) is 5.15 Å². The van der Waals surface area contributed by atoms with E-state index in [0.717, 1.165) is 12.1 Å². The number of carboxylic acid groups (broad SMARTS) is 1. The van der Waals surface area contributed by atoms with Crippen molar-refractivity contribution < 1.29 is 18.7 Å². The van der Waals surface area contributed by atoms with Crippen molar-refractivity contribution in [3.63, 3.8) is 0 Å². The zero-order chi connectivity index (χ0) is 13.3. The van der Waals surface area contributed by atoms with Crippen LogP contribution in [0, 0.1) is 11.6 Å². The van der Waals surface area contributed by atoms with E-state index in [1.165, 1.54) is 18.3 Å². The second kappa shape index (κ2) is 4.70. The fraction of sp³-hybridized carbons (Fsp3) is 0. The number of hydrogen-bond acceptors (Lipinski definition) is 2. The quantitative estimate of drug-likeness (QED) is 0.850. The monoisotopic (exact) mass is 269 g/mol. The maximum atomic E-state index is 13.1. The van der Waals surface area contributed by atoms with Crippen LogP contribution in [0.15, 0.2) is 30.5 Å². The van der Waals surface area contributed by atoms with E-state index in [9.17, 15) is 13.6 Å². The number of carboxylic acids is 1. The summed E-state index contributed by atoms with van der Waals surface area (Å²) < 4.78 is 25.8. The second-order valence-electron chi connectivity index (χ2n) is 3.50. The summed E-state index contributed by atoms with van der Waals surface area (Å²) in [7, 11) is 0. The molecule has 1 aromatic heterocycles. The summed E-state index contributed by atoms with van der Waals surface area (Å²) in [5.74, 6) is -3.23. The molecule has 0 aliphatic heterocycles. The number of nitrogens with zero attached hydrogens (tertiary/aromatic N) is 1. The zero-order valence-corrected chi connectivity index (χ0v) is 9.58. The molecule has 2 rings (SSSR count). The standard InChI is InChI=1S/C12H6ClF2NO2/c13-11-8(12(17)18)3-7(5-16-11)6-1-2-9(14)10(15)4-6/h1-5H,(H,17,18). The number of aromatic carboxylic acids is 1. The van der Waals surface area contributed by atoms with Crippen molar-refractivity contribution >= 4 is 17.6 Å². The average molecular weight is 270 g/mol. The van der Waals surface area contributed by atoms with Gasteiger partial charge >= 0.3 is 5.97 Å². The van der Waals surface area contributed by atoms with E-state index in [0.29, 0.717) is 11.1 Å². The Morgan fingerprint density at radius 3 is 2.50 bits per heavy atom. The third kappa shape index (κ3) is 2.31. The fourth-order valence-electron chi connectivity index (χ4n) is 1.43. The van der Waals surface area contributed by atoms with Crippen LogP contribution >= 0.6 is 11.6 Å². The summed E-state index contributed by atoms with van der Waals surface area (Å²) in [5.41, 5.74) is 0.468. The molecule has 1 N–H and O–H groups in total. The lowest BCUT2D eigenvalue weighted by Crippen LogP contribution is -1.99. The van der Waals surface area contributed by atoms with Crippen LogP contribution in [0.5, 0.6) is 0 Å². The largest absolute Gasteiger partial charge is 0.478 e. The summed E-state index contributed by atoms with van der Waals surface area (Å²) in [5, 5.41) is 8.72. The Hall–Kier alpha value is -2.01. The minimum absolute atomic E-state index is 0.158. The summed E-state index contributed by atoms with van der Waals surface area (Å²) in [6.07, 6.45) is 1.29. The minimum atomic E-state index is -1.24. The number of carbonyl (C=O) groups is 1. The Balaban J connectivity index is 2.54. The maximum Gasteiger partial charge on any atom is 0.338 e. The predicted octanol–water partition coefficient (Wildman–Crippen LogP) is 3.38. The van der Waals surface area contributed by atoms with Gasteiger partial charge in [-0.25, -0.2) is 18.6 Å². The molecule has 0 aliphatic carbocycles. The van der Waals surface area contributed by atoms with Crippen LogP contribution in [0.1, 0.15) is 10.4 Å². The third-order valence-electron chi connectivity index (χ3n) is 2.32. The van der Waals surface area contributed by atoms with Gasteiger partial charge in [0, 0.05) is 11.8 Å². The molecular formula is C12H6ClF2NO2. The van der Waals surface area contributed by atoms with Gasteiger partial charge in [0.25, 0.3) is 0 Å². The van der Waals surface area contributed by atoms with Gasteiger partial charge in [-0.15, -0.1) is 0 Å². The topological polar surface area (TPSA) is 50.2 Å². The van der Waals surface area contributed by atoms with Crippen LogP contribution in [0.4, 0.5) is 8.78 Å². The van der Waals surface area contributed by atoms with E-state index in [-0.39, 0.29) is 10.7 Å². The fourth-order valence-corrected chi connectivity index (χ4v) is 1.62. The van der Waals surface area contributed by atoms with Crippen molar-refractivity contribution in [2.24, 2.45) is 0 Å². The second-order valence-corrected chi connectivity index (χ2v) is 3.85. The van der Waals surface area contributed by atoms with Gasteiger partial charge in [0.15, 0.2) is 11.6 Å². The number of aromatic nitrogens is 1. The molecule has 1 aromatic carbocycles.